The number of anilines is 1. The first-order valence-corrected chi connectivity index (χ1v) is 6.22. The number of hydrogen-bond acceptors (Lipinski definition) is 3. The number of thiophene rings is 1. The fourth-order valence-corrected chi connectivity index (χ4v) is 2.01. The Hall–Kier alpha value is -1.88. The predicted octanol–water partition coefficient (Wildman–Crippen LogP) is 2.69. The van der Waals surface area contributed by atoms with Crippen molar-refractivity contribution in [3.63, 3.8) is 0 Å². The second-order valence-corrected chi connectivity index (χ2v) is 4.44. The van der Waals surface area contributed by atoms with E-state index in [4.69, 9.17) is 0 Å². The van der Waals surface area contributed by atoms with Gasteiger partial charge in [0.15, 0.2) is 0 Å². The summed E-state index contributed by atoms with van der Waals surface area (Å²) in [7, 11) is 0. The van der Waals surface area contributed by atoms with Gasteiger partial charge in [-0.3, -0.25) is 9.89 Å². The first-order valence-electron chi connectivity index (χ1n) is 5.34. The molecule has 17 heavy (non-hydrogen) atoms. The summed E-state index contributed by atoms with van der Waals surface area (Å²) in [6.45, 7) is 2.02. The van der Waals surface area contributed by atoms with E-state index in [1.165, 1.54) is 6.08 Å². The summed E-state index contributed by atoms with van der Waals surface area (Å²) in [5.41, 5.74) is 1.00. The zero-order chi connectivity index (χ0) is 12.1. The molecule has 0 saturated carbocycles. The molecular weight excluding hydrogens is 234 g/mol. The van der Waals surface area contributed by atoms with Gasteiger partial charge in [0.1, 0.15) is 5.82 Å². The molecule has 2 rings (SSSR count). The Kier molecular flexibility index (Phi) is 3.72. The van der Waals surface area contributed by atoms with Crippen LogP contribution in [0.4, 0.5) is 5.82 Å². The number of rotatable bonds is 4. The van der Waals surface area contributed by atoms with E-state index >= 15 is 0 Å². The smallest absolute Gasteiger partial charge is 0.249 e. The molecule has 0 radical (unpaired) electrons. The third kappa shape index (κ3) is 3.04. The number of hydrogen-bond donors (Lipinski definition) is 2. The highest BCUT2D eigenvalue weighted by molar-refractivity contribution is 7.10. The maximum absolute atomic E-state index is 11.6. The monoisotopic (exact) mass is 247 g/mol. The van der Waals surface area contributed by atoms with Crippen LogP contribution in [0.5, 0.6) is 0 Å². The predicted molar refractivity (Wildman–Crippen MR) is 69.9 cm³/mol. The van der Waals surface area contributed by atoms with E-state index in [0.29, 0.717) is 5.82 Å². The summed E-state index contributed by atoms with van der Waals surface area (Å²) in [5, 5.41) is 11.4. The second-order valence-electron chi connectivity index (χ2n) is 3.46. The Bertz CT molecular complexity index is 514. The van der Waals surface area contributed by atoms with Crippen molar-refractivity contribution < 1.29 is 4.79 Å². The van der Waals surface area contributed by atoms with Gasteiger partial charge < -0.3 is 5.32 Å². The van der Waals surface area contributed by atoms with Crippen molar-refractivity contribution in [2.24, 2.45) is 0 Å². The fourth-order valence-electron chi connectivity index (χ4n) is 1.40. The SMILES string of the molecule is CCc1cn[nH]c1NC(=O)/C=C/c1cccs1. The van der Waals surface area contributed by atoms with Gasteiger partial charge in [-0.15, -0.1) is 11.3 Å². The van der Waals surface area contributed by atoms with E-state index in [2.05, 4.69) is 15.5 Å². The number of nitrogens with one attached hydrogen (secondary N) is 2. The molecule has 0 atom stereocenters. The standard InChI is InChI=1S/C12H13N3OS/c1-2-9-8-13-15-12(9)14-11(16)6-5-10-4-3-7-17-10/h3-8H,2H2,1H3,(H2,13,14,15,16)/b6-5+. The highest BCUT2D eigenvalue weighted by atomic mass is 32.1. The molecule has 0 bridgehead atoms. The molecule has 0 aliphatic carbocycles. The molecule has 0 fully saturated rings. The molecule has 0 aromatic carbocycles. The molecule has 0 unspecified atom stereocenters. The molecule has 5 heteroatoms. The van der Waals surface area contributed by atoms with Gasteiger partial charge >= 0.3 is 0 Å². The molecule has 0 saturated heterocycles. The maximum Gasteiger partial charge on any atom is 0.249 e. The number of nitrogens with zero attached hydrogens (tertiary/aromatic N) is 1. The highest BCUT2D eigenvalue weighted by Gasteiger charge is 2.04. The lowest BCUT2D eigenvalue weighted by atomic mass is 10.2. The van der Waals surface area contributed by atoms with Crippen molar-refractivity contribution in [1.29, 1.82) is 0 Å². The maximum atomic E-state index is 11.6. The van der Waals surface area contributed by atoms with Gasteiger partial charge in [0.05, 0.1) is 6.20 Å². The molecule has 2 heterocycles. The Morgan fingerprint density at radius 2 is 2.53 bits per heavy atom. The average molecular weight is 247 g/mol. The number of aryl methyl sites for hydroxylation is 1. The van der Waals surface area contributed by atoms with Gasteiger partial charge in [0, 0.05) is 16.5 Å². The van der Waals surface area contributed by atoms with E-state index in [0.717, 1.165) is 16.9 Å². The van der Waals surface area contributed by atoms with Gasteiger partial charge in [0.25, 0.3) is 0 Å². The van der Waals surface area contributed by atoms with Crippen molar-refractivity contribution >= 4 is 29.1 Å². The summed E-state index contributed by atoms with van der Waals surface area (Å²) in [5.74, 6) is 0.519. The number of H-pyrrole nitrogens is 1. The molecule has 88 valence electrons. The Morgan fingerprint density at radius 1 is 1.65 bits per heavy atom. The van der Waals surface area contributed by atoms with Crippen LogP contribution in [0.3, 0.4) is 0 Å². The summed E-state index contributed by atoms with van der Waals surface area (Å²) in [6.07, 6.45) is 5.87. The zero-order valence-electron chi connectivity index (χ0n) is 9.43. The molecule has 2 N–H and O–H groups in total. The van der Waals surface area contributed by atoms with Gasteiger partial charge in [-0.25, -0.2) is 0 Å². The van der Waals surface area contributed by atoms with E-state index < -0.39 is 0 Å². The summed E-state index contributed by atoms with van der Waals surface area (Å²) in [6, 6.07) is 3.91. The highest BCUT2D eigenvalue weighted by Crippen LogP contribution is 2.12. The van der Waals surface area contributed by atoms with Crippen molar-refractivity contribution in [2.75, 3.05) is 5.32 Å². The minimum absolute atomic E-state index is 0.155. The molecular formula is C12H13N3OS. The largest absolute Gasteiger partial charge is 0.307 e. The molecule has 0 aliphatic rings. The first-order chi connectivity index (χ1) is 8.29. The van der Waals surface area contributed by atoms with Gasteiger partial charge in [-0.2, -0.15) is 5.10 Å². The normalized spacial score (nSPS) is 10.9. The van der Waals surface area contributed by atoms with Crippen LogP contribution in [0.1, 0.15) is 17.4 Å². The van der Waals surface area contributed by atoms with E-state index in [9.17, 15) is 4.79 Å². The van der Waals surface area contributed by atoms with Gasteiger partial charge in [-0.1, -0.05) is 13.0 Å². The first kappa shape index (κ1) is 11.6. The van der Waals surface area contributed by atoms with Crippen molar-refractivity contribution in [3.8, 4) is 0 Å². The van der Waals surface area contributed by atoms with Crippen LogP contribution < -0.4 is 5.32 Å². The van der Waals surface area contributed by atoms with Crippen LogP contribution >= 0.6 is 11.3 Å². The Labute approximate surface area is 103 Å². The molecule has 4 nitrogen and oxygen atoms in total. The minimum atomic E-state index is -0.155. The fraction of sp³-hybridized carbons (Fsp3) is 0.167. The number of carbonyl (C=O) groups is 1. The Morgan fingerprint density at radius 3 is 3.24 bits per heavy atom. The van der Waals surface area contributed by atoms with Crippen LogP contribution in [-0.4, -0.2) is 16.1 Å². The van der Waals surface area contributed by atoms with Crippen LogP contribution in [-0.2, 0) is 11.2 Å². The molecule has 1 amide bonds. The van der Waals surface area contributed by atoms with Gasteiger partial charge in [-0.05, 0) is 23.9 Å². The minimum Gasteiger partial charge on any atom is -0.307 e. The summed E-state index contributed by atoms with van der Waals surface area (Å²) >= 11 is 1.59. The van der Waals surface area contributed by atoms with Crippen LogP contribution in [0.2, 0.25) is 0 Å². The molecule has 0 spiro atoms. The number of carbonyl (C=O) groups excluding carboxylic acids is 1. The van der Waals surface area contributed by atoms with E-state index in [1.807, 2.05) is 24.4 Å². The van der Waals surface area contributed by atoms with E-state index in [-0.39, 0.29) is 5.91 Å². The summed E-state index contributed by atoms with van der Waals surface area (Å²) in [4.78, 5) is 12.7. The second kappa shape index (κ2) is 5.45. The molecule has 2 aromatic heterocycles. The van der Waals surface area contributed by atoms with Crippen molar-refractivity contribution in [3.05, 3.63) is 40.2 Å². The van der Waals surface area contributed by atoms with Crippen molar-refractivity contribution in [2.45, 2.75) is 13.3 Å². The third-order valence-corrected chi connectivity index (χ3v) is 3.13. The molecule has 0 aliphatic heterocycles. The number of amides is 1. The number of aromatic amines is 1. The zero-order valence-corrected chi connectivity index (χ0v) is 10.3. The number of aromatic nitrogens is 2. The van der Waals surface area contributed by atoms with Crippen LogP contribution in [0.15, 0.2) is 29.8 Å². The third-order valence-electron chi connectivity index (χ3n) is 2.29. The van der Waals surface area contributed by atoms with Crippen LogP contribution in [0.25, 0.3) is 6.08 Å². The quantitative estimate of drug-likeness (QED) is 0.816. The Balaban J connectivity index is 1.98. The topological polar surface area (TPSA) is 57.8 Å². The average Bonchev–Trinajstić information content (AvgIpc) is 2.97. The lowest BCUT2D eigenvalue weighted by molar-refractivity contribution is -0.111. The van der Waals surface area contributed by atoms with Crippen LogP contribution in [0, 0.1) is 0 Å². The molecule has 2 aromatic rings. The summed E-state index contributed by atoms with van der Waals surface area (Å²) < 4.78 is 0. The van der Waals surface area contributed by atoms with Gasteiger partial charge in [0.2, 0.25) is 5.91 Å². The lowest BCUT2D eigenvalue weighted by Crippen LogP contribution is -2.09. The van der Waals surface area contributed by atoms with Crippen molar-refractivity contribution in [1.82, 2.24) is 10.2 Å². The lowest BCUT2D eigenvalue weighted by Gasteiger charge is -2.00. The van der Waals surface area contributed by atoms with E-state index in [1.54, 1.807) is 23.6 Å².